The molecule has 0 fully saturated rings. The molecule has 17 heteroatoms. The zero-order valence-corrected chi connectivity index (χ0v) is 21.5. The number of thiophene rings is 4. The fraction of sp³-hybridized carbons (Fsp3) is 0.273. The molecule has 39 heavy (non-hydrogen) atoms. The lowest BCUT2D eigenvalue weighted by molar-refractivity contribution is -0.441. The Hall–Kier alpha value is -2.11. The summed E-state index contributed by atoms with van der Waals surface area (Å²) in [7, 11) is 0. The van der Waals surface area contributed by atoms with Crippen LogP contribution in [0.5, 0.6) is 0 Å². The van der Waals surface area contributed by atoms with Gasteiger partial charge in [-0.15, -0.1) is 45.3 Å². The third-order valence-corrected chi connectivity index (χ3v) is 10.1. The lowest BCUT2D eigenvalue weighted by atomic mass is 9.93. The van der Waals surface area contributed by atoms with Gasteiger partial charge in [-0.05, 0) is 47.8 Å². The maximum atomic E-state index is 14.5. The fourth-order valence-electron chi connectivity index (χ4n) is 3.19. The van der Waals surface area contributed by atoms with Gasteiger partial charge in [0.25, 0.3) is 0 Å². The largest absolute Gasteiger partial charge is 0.460 e. The van der Waals surface area contributed by atoms with E-state index in [-0.39, 0.29) is 27.2 Å². The van der Waals surface area contributed by atoms with Gasteiger partial charge in [-0.25, -0.2) is 0 Å². The number of hydrogen-bond donors (Lipinski definition) is 0. The Morgan fingerprint density at radius 1 is 0.410 bits per heavy atom. The van der Waals surface area contributed by atoms with Crippen molar-refractivity contribution in [1.29, 1.82) is 0 Å². The minimum absolute atomic E-state index is 0.184. The van der Waals surface area contributed by atoms with E-state index in [2.05, 4.69) is 0 Å². The van der Waals surface area contributed by atoms with Crippen LogP contribution in [0.1, 0.15) is 4.88 Å². The summed E-state index contributed by atoms with van der Waals surface area (Å²) >= 11 is 3.63. The van der Waals surface area contributed by atoms with E-state index in [1.54, 1.807) is 12.1 Å². The van der Waals surface area contributed by atoms with Gasteiger partial charge in [0.2, 0.25) is 0 Å². The highest BCUT2D eigenvalue weighted by Crippen LogP contribution is 2.62. The van der Waals surface area contributed by atoms with Crippen molar-refractivity contribution in [3.8, 4) is 29.3 Å². The zero-order valence-electron chi connectivity index (χ0n) is 18.2. The minimum Gasteiger partial charge on any atom is -0.193 e. The Bertz CT molecular complexity index is 1440. The summed E-state index contributed by atoms with van der Waals surface area (Å²) in [5.74, 6) is -37.1. The lowest BCUT2D eigenvalue weighted by Gasteiger charge is -2.39. The predicted molar refractivity (Wildman–Crippen MR) is 124 cm³/mol. The molecular weight excluding hydrogens is 639 g/mol. The Morgan fingerprint density at radius 3 is 1.26 bits per heavy atom. The Kier molecular flexibility index (Phi) is 7.26. The highest BCUT2D eigenvalue weighted by molar-refractivity contribution is 7.28. The molecule has 0 nitrogen and oxygen atoms in total. The van der Waals surface area contributed by atoms with Crippen molar-refractivity contribution in [2.75, 3.05) is 0 Å². The summed E-state index contributed by atoms with van der Waals surface area (Å²) < 4.78 is 175. The van der Waals surface area contributed by atoms with Crippen LogP contribution in [0.25, 0.3) is 29.3 Å². The van der Waals surface area contributed by atoms with Gasteiger partial charge in [0.1, 0.15) is 0 Å². The van der Waals surface area contributed by atoms with E-state index in [0.717, 1.165) is 32.0 Å². The van der Waals surface area contributed by atoms with Crippen LogP contribution in [-0.4, -0.2) is 29.9 Å². The van der Waals surface area contributed by atoms with E-state index in [9.17, 15) is 57.1 Å². The molecule has 0 radical (unpaired) electrons. The molecule has 0 bridgehead atoms. The van der Waals surface area contributed by atoms with E-state index in [1.807, 2.05) is 23.6 Å². The molecule has 0 saturated carbocycles. The van der Waals surface area contributed by atoms with Gasteiger partial charge in [0, 0.05) is 29.3 Å². The summed E-state index contributed by atoms with van der Waals surface area (Å²) in [5.41, 5.74) is 0. The van der Waals surface area contributed by atoms with Crippen LogP contribution in [0.4, 0.5) is 57.1 Å². The minimum atomic E-state index is -7.92. The molecular formula is C22H9F13S4. The molecule has 212 valence electrons. The van der Waals surface area contributed by atoms with Gasteiger partial charge in [-0.3, -0.25) is 0 Å². The summed E-state index contributed by atoms with van der Waals surface area (Å²) in [4.78, 5) is 1.31. The van der Waals surface area contributed by atoms with Crippen LogP contribution in [0.2, 0.25) is 0 Å². The molecule has 4 heterocycles. The van der Waals surface area contributed by atoms with Gasteiger partial charge < -0.3 is 0 Å². The first-order valence-corrected chi connectivity index (χ1v) is 13.4. The third kappa shape index (κ3) is 4.58. The second-order valence-corrected chi connectivity index (χ2v) is 12.0. The predicted octanol–water partition coefficient (Wildman–Crippen LogP) is 11.1. The molecule has 0 aromatic carbocycles. The van der Waals surface area contributed by atoms with Crippen LogP contribution in [-0.2, 0) is 5.92 Å². The fourth-order valence-corrected chi connectivity index (χ4v) is 7.23. The van der Waals surface area contributed by atoms with Crippen molar-refractivity contribution in [1.82, 2.24) is 0 Å². The molecule has 0 aliphatic rings. The molecule has 4 aromatic heterocycles. The quantitative estimate of drug-likeness (QED) is 0.167. The molecule has 0 amide bonds. The van der Waals surface area contributed by atoms with Crippen LogP contribution >= 0.6 is 45.3 Å². The van der Waals surface area contributed by atoms with Gasteiger partial charge in [-0.2, -0.15) is 57.1 Å². The zero-order chi connectivity index (χ0) is 29.2. The first-order valence-electron chi connectivity index (χ1n) is 10.1. The molecule has 0 aliphatic heterocycles. The standard InChI is InChI=1S/C22H9F13S4/c23-17(24,18(25,26)19(27,28)20(29,30)21(31,32)22(33,34)35)16-8-7-15(39-16)14-6-5-13(38-14)12-4-3-11(37-12)10-2-1-9-36-10/h1-9H. The van der Waals surface area contributed by atoms with E-state index in [0.29, 0.717) is 4.88 Å². The van der Waals surface area contributed by atoms with Crippen molar-refractivity contribution >= 4 is 45.3 Å². The average molecular weight is 649 g/mol. The molecule has 0 spiro atoms. The normalized spacial score (nSPS) is 14.3. The summed E-state index contributed by atoms with van der Waals surface area (Å²) in [5, 5.41) is 1.87. The van der Waals surface area contributed by atoms with Gasteiger partial charge in [0.15, 0.2) is 0 Å². The number of halogens is 13. The first-order chi connectivity index (χ1) is 17.8. The maximum absolute atomic E-state index is 14.5. The maximum Gasteiger partial charge on any atom is 0.460 e. The topological polar surface area (TPSA) is 0 Å². The van der Waals surface area contributed by atoms with Crippen LogP contribution in [0, 0.1) is 0 Å². The molecule has 4 aromatic rings. The van der Waals surface area contributed by atoms with Gasteiger partial charge in [-0.1, -0.05) is 6.07 Å². The molecule has 0 aliphatic carbocycles. The molecule has 0 atom stereocenters. The van der Waals surface area contributed by atoms with Crippen molar-refractivity contribution in [3.05, 3.63) is 58.8 Å². The summed E-state index contributed by atoms with van der Waals surface area (Å²) in [6.45, 7) is 0. The highest BCUT2D eigenvalue weighted by atomic mass is 32.1. The van der Waals surface area contributed by atoms with E-state index < -0.39 is 40.7 Å². The van der Waals surface area contributed by atoms with Gasteiger partial charge in [0.05, 0.1) is 4.88 Å². The van der Waals surface area contributed by atoms with Crippen molar-refractivity contribution in [2.45, 2.75) is 35.8 Å². The summed E-state index contributed by atoms with van der Waals surface area (Å²) in [6, 6.07) is 11.2. The smallest absolute Gasteiger partial charge is 0.193 e. The second-order valence-electron chi connectivity index (χ2n) is 7.84. The lowest BCUT2D eigenvalue weighted by Crippen LogP contribution is -2.69. The molecule has 0 saturated heterocycles. The second kappa shape index (κ2) is 9.48. The Labute approximate surface area is 226 Å². The van der Waals surface area contributed by atoms with Crippen molar-refractivity contribution < 1.29 is 57.1 Å². The number of hydrogen-bond acceptors (Lipinski definition) is 4. The summed E-state index contributed by atoms with van der Waals surface area (Å²) in [6.07, 6.45) is -7.44. The number of rotatable bonds is 8. The van der Waals surface area contributed by atoms with E-state index in [1.165, 1.54) is 28.7 Å². The van der Waals surface area contributed by atoms with Gasteiger partial charge >= 0.3 is 35.8 Å². The first kappa shape index (κ1) is 29.9. The average Bonchev–Trinajstić information content (AvgIpc) is 3.62. The SMILES string of the molecule is FC(F)(F)C(F)(F)C(F)(F)C(F)(F)C(F)(F)C(F)(F)c1ccc(-c2ccc(-c3ccc(-c4cccs4)s3)s2)s1. The number of alkyl halides is 13. The van der Waals surface area contributed by atoms with Crippen molar-refractivity contribution in [2.24, 2.45) is 0 Å². The molecule has 0 N–H and O–H groups in total. The monoisotopic (exact) mass is 648 g/mol. The third-order valence-electron chi connectivity index (χ3n) is 5.31. The molecule has 4 rings (SSSR count). The Balaban J connectivity index is 1.63. The van der Waals surface area contributed by atoms with Crippen LogP contribution in [0.15, 0.2) is 53.9 Å². The highest BCUT2D eigenvalue weighted by Gasteiger charge is 2.91. The van der Waals surface area contributed by atoms with E-state index >= 15 is 0 Å². The van der Waals surface area contributed by atoms with Crippen LogP contribution < -0.4 is 0 Å². The van der Waals surface area contributed by atoms with Crippen LogP contribution in [0.3, 0.4) is 0 Å². The Morgan fingerprint density at radius 2 is 0.821 bits per heavy atom. The molecule has 0 unspecified atom stereocenters. The van der Waals surface area contributed by atoms with Crippen molar-refractivity contribution in [3.63, 3.8) is 0 Å². The van der Waals surface area contributed by atoms with E-state index in [4.69, 9.17) is 0 Å².